The summed E-state index contributed by atoms with van der Waals surface area (Å²) < 4.78 is 5.18. The minimum atomic E-state index is -0.0415. The Morgan fingerprint density at radius 1 is 1.47 bits per heavy atom. The Hall–Kier alpha value is -1.06. The molecule has 0 aromatic heterocycles. The number of benzene rings is 1. The lowest BCUT2D eigenvalue weighted by atomic mass is 10.2. The van der Waals surface area contributed by atoms with E-state index >= 15 is 0 Å². The standard InChI is InChI=1S/C11H11ClNO2/c12-10-4-2-1-3-9(10)11(14)13-5-7-15-8-6-13/h2-4H,5-8H2. The first kappa shape index (κ1) is 10.5. The van der Waals surface area contributed by atoms with Crippen LogP contribution in [0.15, 0.2) is 18.2 Å². The van der Waals surface area contributed by atoms with Gasteiger partial charge in [0, 0.05) is 13.1 Å². The summed E-state index contributed by atoms with van der Waals surface area (Å²) in [5.41, 5.74) is 0.515. The summed E-state index contributed by atoms with van der Waals surface area (Å²) in [4.78, 5) is 13.7. The lowest BCUT2D eigenvalue weighted by Gasteiger charge is -2.27. The average Bonchev–Trinajstić information content (AvgIpc) is 2.30. The molecule has 1 aromatic carbocycles. The van der Waals surface area contributed by atoms with Gasteiger partial charge >= 0.3 is 0 Å². The Balaban J connectivity index is 2.16. The molecular weight excluding hydrogens is 214 g/mol. The Morgan fingerprint density at radius 2 is 2.20 bits per heavy atom. The van der Waals surface area contributed by atoms with Gasteiger partial charge in [-0.15, -0.1) is 0 Å². The number of carbonyl (C=O) groups excluding carboxylic acids is 1. The predicted octanol–water partition coefficient (Wildman–Crippen LogP) is 1.61. The fourth-order valence-corrected chi connectivity index (χ4v) is 1.71. The fraction of sp³-hybridized carbons (Fsp3) is 0.364. The molecule has 1 aliphatic heterocycles. The molecule has 1 fully saturated rings. The largest absolute Gasteiger partial charge is 0.378 e. The third-order valence-electron chi connectivity index (χ3n) is 2.34. The van der Waals surface area contributed by atoms with E-state index in [9.17, 15) is 4.79 Å². The molecule has 2 rings (SSSR count). The number of rotatable bonds is 1. The van der Waals surface area contributed by atoms with Crippen molar-refractivity contribution in [1.82, 2.24) is 4.90 Å². The number of amides is 1. The van der Waals surface area contributed by atoms with Crippen molar-refractivity contribution in [3.8, 4) is 0 Å². The topological polar surface area (TPSA) is 29.5 Å². The van der Waals surface area contributed by atoms with Crippen LogP contribution in [0, 0.1) is 6.07 Å². The number of halogens is 1. The van der Waals surface area contributed by atoms with E-state index < -0.39 is 0 Å². The van der Waals surface area contributed by atoms with Crippen molar-refractivity contribution < 1.29 is 9.53 Å². The molecule has 4 heteroatoms. The number of morpholine rings is 1. The molecule has 0 N–H and O–H groups in total. The number of hydrogen-bond donors (Lipinski definition) is 0. The molecule has 79 valence electrons. The number of ether oxygens (including phenoxy) is 1. The third kappa shape index (κ3) is 2.30. The number of hydrogen-bond acceptors (Lipinski definition) is 2. The van der Waals surface area contributed by atoms with E-state index in [1.54, 1.807) is 23.1 Å². The predicted molar refractivity (Wildman–Crippen MR) is 57.0 cm³/mol. The zero-order valence-electron chi connectivity index (χ0n) is 8.20. The Kier molecular flexibility index (Phi) is 3.23. The summed E-state index contributed by atoms with van der Waals surface area (Å²) in [6.45, 7) is 2.45. The molecule has 3 nitrogen and oxygen atoms in total. The molecule has 0 saturated carbocycles. The van der Waals surface area contributed by atoms with Gasteiger partial charge in [0.05, 0.1) is 23.8 Å². The Bertz CT molecular complexity index is 361. The van der Waals surface area contributed by atoms with E-state index in [0.29, 0.717) is 36.9 Å². The van der Waals surface area contributed by atoms with E-state index in [0.717, 1.165) is 0 Å². The minimum absolute atomic E-state index is 0.0415. The van der Waals surface area contributed by atoms with E-state index in [1.807, 2.05) is 0 Å². The van der Waals surface area contributed by atoms with Crippen molar-refractivity contribution in [2.24, 2.45) is 0 Å². The lowest BCUT2D eigenvalue weighted by Crippen LogP contribution is -2.40. The molecule has 1 amide bonds. The van der Waals surface area contributed by atoms with Gasteiger partial charge in [0.1, 0.15) is 0 Å². The molecule has 1 aliphatic rings. The van der Waals surface area contributed by atoms with Crippen LogP contribution in [-0.4, -0.2) is 37.1 Å². The maximum atomic E-state index is 12.0. The molecule has 1 saturated heterocycles. The zero-order chi connectivity index (χ0) is 10.7. The van der Waals surface area contributed by atoms with Crippen LogP contribution in [0.4, 0.5) is 0 Å². The second kappa shape index (κ2) is 4.64. The van der Waals surface area contributed by atoms with Crippen molar-refractivity contribution in [1.29, 1.82) is 0 Å². The molecule has 1 aromatic rings. The highest BCUT2D eigenvalue weighted by atomic mass is 35.5. The summed E-state index contributed by atoms with van der Waals surface area (Å²) in [6.07, 6.45) is 0. The first-order chi connectivity index (χ1) is 7.29. The van der Waals surface area contributed by atoms with Crippen LogP contribution >= 0.6 is 11.6 Å². The van der Waals surface area contributed by atoms with Gasteiger partial charge in [-0.3, -0.25) is 4.79 Å². The fourth-order valence-electron chi connectivity index (χ4n) is 1.51. The van der Waals surface area contributed by atoms with Gasteiger partial charge in [-0.1, -0.05) is 17.7 Å². The minimum Gasteiger partial charge on any atom is -0.378 e. The van der Waals surface area contributed by atoms with E-state index in [2.05, 4.69) is 6.07 Å². The van der Waals surface area contributed by atoms with E-state index in [4.69, 9.17) is 16.3 Å². The van der Waals surface area contributed by atoms with Gasteiger partial charge in [-0.25, -0.2) is 0 Å². The third-order valence-corrected chi connectivity index (χ3v) is 2.67. The summed E-state index contributed by atoms with van der Waals surface area (Å²) in [6, 6.07) is 7.85. The van der Waals surface area contributed by atoms with Crippen molar-refractivity contribution in [3.05, 3.63) is 34.9 Å². The second-order valence-corrected chi connectivity index (χ2v) is 3.72. The highest BCUT2D eigenvalue weighted by Gasteiger charge is 2.19. The van der Waals surface area contributed by atoms with E-state index in [-0.39, 0.29) is 5.91 Å². The van der Waals surface area contributed by atoms with Crippen LogP contribution in [0.1, 0.15) is 10.4 Å². The smallest absolute Gasteiger partial charge is 0.255 e. The zero-order valence-corrected chi connectivity index (χ0v) is 8.96. The summed E-state index contributed by atoms with van der Waals surface area (Å²) in [7, 11) is 0. The van der Waals surface area contributed by atoms with Gasteiger partial charge in [-0.05, 0) is 18.2 Å². The summed E-state index contributed by atoms with van der Waals surface area (Å²) >= 11 is 5.94. The van der Waals surface area contributed by atoms with Gasteiger partial charge in [-0.2, -0.15) is 0 Å². The van der Waals surface area contributed by atoms with Crippen LogP contribution in [-0.2, 0) is 4.74 Å². The highest BCUT2D eigenvalue weighted by molar-refractivity contribution is 6.33. The highest BCUT2D eigenvalue weighted by Crippen LogP contribution is 2.17. The quantitative estimate of drug-likeness (QED) is 0.726. The second-order valence-electron chi connectivity index (χ2n) is 3.31. The van der Waals surface area contributed by atoms with E-state index in [1.165, 1.54) is 0 Å². The molecular formula is C11H11ClNO2. The molecule has 1 heterocycles. The molecule has 0 spiro atoms. The molecule has 15 heavy (non-hydrogen) atoms. The van der Waals surface area contributed by atoms with Crippen LogP contribution in [0.3, 0.4) is 0 Å². The summed E-state index contributed by atoms with van der Waals surface area (Å²) in [5.74, 6) is -0.0415. The molecule has 0 atom stereocenters. The van der Waals surface area contributed by atoms with Crippen molar-refractivity contribution in [2.75, 3.05) is 26.3 Å². The number of carbonyl (C=O) groups is 1. The molecule has 1 radical (unpaired) electrons. The molecule has 0 unspecified atom stereocenters. The maximum absolute atomic E-state index is 12.0. The van der Waals surface area contributed by atoms with Crippen LogP contribution in [0.25, 0.3) is 0 Å². The van der Waals surface area contributed by atoms with Crippen molar-refractivity contribution >= 4 is 17.5 Å². The Morgan fingerprint density at radius 3 is 2.87 bits per heavy atom. The van der Waals surface area contributed by atoms with Gasteiger partial charge < -0.3 is 9.64 Å². The van der Waals surface area contributed by atoms with Crippen LogP contribution < -0.4 is 0 Å². The van der Waals surface area contributed by atoms with Gasteiger partial charge in [0.2, 0.25) is 0 Å². The maximum Gasteiger partial charge on any atom is 0.255 e. The summed E-state index contributed by atoms with van der Waals surface area (Å²) in [5, 5.41) is 0.477. The first-order valence-electron chi connectivity index (χ1n) is 4.81. The molecule has 0 aliphatic carbocycles. The van der Waals surface area contributed by atoms with Crippen LogP contribution in [0.2, 0.25) is 5.02 Å². The van der Waals surface area contributed by atoms with Crippen molar-refractivity contribution in [3.63, 3.8) is 0 Å². The Labute approximate surface area is 93.6 Å². The van der Waals surface area contributed by atoms with Gasteiger partial charge in [0.25, 0.3) is 5.91 Å². The monoisotopic (exact) mass is 224 g/mol. The first-order valence-corrected chi connectivity index (χ1v) is 5.19. The lowest BCUT2D eigenvalue weighted by molar-refractivity contribution is 0.0303. The normalized spacial score (nSPS) is 16.5. The van der Waals surface area contributed by atoms with Crippen LogP contribution in [0.5, 0.6) is 0 Å². The van der Waals surface area contributed by atoms with Crippen molar-refractivity contribution in [2.45, 2.75) is 0 Å². The van der Waals surface area contributed by atoms with Gasteiger partial charge in [0.15, 0.2) is 0 Å². The number of nitrogens with zero attached hydrogens (tertiary/aromatic N) is 1. The molecule has 0 bridgehead atoms. The average molecular weight is 225 g/mol. The SMILES string of the molecule is O=C(c1c[c]ccc1Cl)N1CCOCC1.